The zero-order chi connectivity index (χ0) is 10.4. The molecule has 0 aromatic heterocycles. The lowest BCUT2D eigenvalue weighted by molar-refractivity contribution is 0.915. The third-order valence-electron chi connectivity index (χ3n) is 2.09. The Morgan fingerprint density at radius 1 is 1.29 bits per heavy atom. The summed E-state index contributed by atoms with van der Waals surface area (Å²) in [6.07, 6.45) is 2.34. The van der Waals surface area contributed by atoms with Crippen LogP contribution in [0.1, 0.15) is 30.0 Å². The number of nitrogens with zero attached hydrogens (tertiary/aromatic N) is 2. The molecular formula is C12H12N2. The normalized spacial score (nSPS) is 9.07. The van der Waals surface area contributed by atoms with Crippen molar-refractivity contribution in [3.05, 3.63) is 34.9 Å². The molecule has 0 saturated carbocycles. The summed E-state index contributed by atoms with van der Waals surface area (Å²) in [6.45, 7) is 2.08. The second-order valence-electron chi connectivity index (χ2n) is 3.19. The van der Waals surface area contributed by atoms with Crippen LogP contribution in [-0.4, -0.2) is 0 Å². The fraction of sp³-hybridized carbons (Fsp3) is 0.333. The number of aryl methyl sites for hydroxylation is 1. The molecule has 1 aromatic carbocycles. The van der Waals surface area contributed by atoms with Crippen LogP contribution in [0.15, 0.2) is 18.2 Å². The van der Waals surface area contributed by atoms with Gasteiger partial charge in [0.25, 0.3) is 0 Å². The molecule has 14 heavy (non-hydrogen) atoms. The van der Waals surface area contributed by atoms with Crippen LogP contribution >= 0.6 is 0 Å². The van der Waals surface area contributed by atoms with Gasteiger partial charge >= 0.3 is 0 Å². The minimum atomic E-state index is 0.419. The average Bonchev–Trinajstić information content (AvgIpc) is 2.19. The van der Waals surface area contributed by atoms with Gasteiger partial charge in [-0.15, -0.1) is 0 Å². The van der Waals surface area contributed by atoms with Crippen molar-refractivity contribution in [1.82, 2.24) is 0 Å². The minimum Gasteiger partial charge on any atom is -0.198 e. The summed E-state index contributed by atoms with van der Waals surface area (Å²) < 4.78 is 0. The molecule has 1 rings (SSSR count). The Kier molecular flexibility index (Phi) is 3.70. The van der Waals surface area contributed by atoms with Crippen molar-refractivity contribution >= 4 is 0 Å². The molecule has 70 valence electrons. The quantitative estimate of drug-likeness (QED) is 0.724. The molecule has 0 amide bonds. The maximum absolute atomic E-state index is 8.85. The summed E-state index contributed by atoms with van der Waals surface area (Å²) in [7, 11) is 0. The van der Waals surface area contributed by atoms with Gasteiger partial charge in [0.2, 0.25) is 0 Å². The molecule has 0 saturated heterocycles. The topological polar surface area (TPSA) is 47.6 Å². The standard InChI is InChI=1S/C12H12N2/c1-2-3-11-8-10(6-7-13)4-5-12(11)9-14/h4-5,8H,2-3,6H2,1H3. The van der Waals surface area contributed by atoms with E-state index in [0.717, 1.165) is 29.5 Å². The van der Waals surface area contributed by atoms with Gasteiger partial charge in [-0.2, -0.15) is 10.5 Å². The highest BCUT2D eigenvalue weighted by molar-refractivity contribution is 5.41. The van der Waals surface area contributed by atoms with Crippen LogP contribution in [0.25, 0.3) is 0 Å². The van der Waals surface area contributed by atoms with Crippen LogP contribution < -0.4 is 0 Å². The highest BCUT2D eigenvalue weighted by atomic mass is 14.2. The van der Waals surface area contributed by atoms with Crippen molar-refractivity contribution in [2.45, 2.75) is 26.2 Å². The fourth-order valence-electron chi connectivity index (χ4n) is 1.43. The number of benzene rings is 1. The van der Waals surface area contributed by atoms with Crippen LogP contribution in [-0.2, 0) is 12.8 Å². The van der Waals surface area contributed by atoms with E-state index in [1.807, 2.05) is 12.1 Å². The van der Waals surface area contributed by atoms with Crippen molar-refractivity contribution in [1.29, 1.82) is 10.5 Å². The van der Waals surface area contributed by atoms with Crippen molar-refractivity contribution < 1.29 is 0 Å². The summed E-state index contributed by atoms with van der Waals surface area (Å²) in [4.78, 5) is 0. The molecule has 1 aromatic rings. The number of nitriles is 2. The highest BCUT2D eigenvalue weighted by Gasteiger charge is 2.02. The first kappa shape index (κ1) is 10.3. The summed E-state index contributed by atoms with van der Waals surface area (Å²) >= 11 is 0. The first-order valence-electron chi connectivity index (χ1n) is 4.70. The molecule has 2 nitrogen and oxygen atoms in total. The lowest BCUT2D eigenvalue weighted by Crippen LogP contribution is -1.92. The Hall–Kier alpha value is -1.80. The third kappa shape index (κ3) is 2.34. The predicted octanol–water partition coefficient (Wildman–Crippen LogP) is 2.58. The van der Waals surface area contributed by atoms with Crippen LogP contribution in [0, 0.1) is 22.7 Å². The summed E-state index contributed by atoms with van der Waals surface area (Å²) in [6, 6.07) is 9.89. The molecule has 0 aliphatic carbocycles. The van der Waals surface area contributed by atoms with E-state index >= 15 is 0 Å². The average molecular weight is 184 g/mol. The van der Waals surface area contributed by atoms with E-state index in [9.17, 15) is 0 Å². The first-order chi connectivity index (χ1) is 6.81. The van der Waals surface area contributed by atoms with Crippen LogP contribution in [0.2, 0.25) is 0 Å². The zero-order valence-corrected chi connectivity index (χ0v) is 8.25. The minimum absolute atomic E-state index is 0.419. The number of hydrogen-bond acceptors (Lipinski definition) is 2. The Bertz CT molecular complexity index is 394. The van der Waals surface area contributed by atoms with Gasteiger partial charge in [0.05, 0.1) is 24.1 Å². The maximum Gasteiger partial charge on any atom is 0.0994 e. The Morgan fingerprint density at radius 3 is 2.64 bits per heavy atom. The van der Waals surface area contributed by atoms with Crippen molar-refractivity contribution in [3.63, 3.8) is 0 Å². The lowest BCUT2D eigenvalue weighted by atomic mass is 10.00. The zero-order valence-electron chi connectivity index (χ0n) is 8.25. The van der Waals surface area contributed by atoms with Gasteiger partial charge in [-0.05, 0) is 23.6 Å². The largest absolute Gasteiger partial charge is 0.198 e. The molecule has 0 unspecified atom stereocenters. The van der Waals surface area contributed by atoms with E-state index in [4.69, 9.17) is 10.5 Å². The van der Waals surface area contributed by atoms with Gasteiger partial charge in [0.15, 0.2) is 0 Å². The molecule has 0 spiro atoms. The van der Waals surface area contributed by atoms with E-state index < -0.39 is 0 Å². The molecule has 0 radical (unpaired) electrons. The highest BCUT2D eigenvalue weighted by Crippen LogP contribution is 2.13. The molecule has 0 atom stereocenters. The van der Waals surface area contributed by atoms with Gasteiger partial charge in [0, 0.05) is 0 Å². The molecular weight excluding hydrogens is 172 g/mol. The van der Waals surface area contributed by atoms with Gasteiger partial charge in [0.1, 0.15) is 0 Å². The maximum atomic E-state index is 8.85. The number of hydrogen-bond donors (Lipinski definition) is 0. The second-order valence-corrected chi connectivity index (χ2v) is 3.19. The van der Waals surface area contributed by atoms with Gasteiger partial charge in [-0.1, -0.05) is 25.5 Å². The molecule has 2 heteroatoms. The molecule has 0 fully saturated rings. The summed E-state index contributed by atoms with van der Waals surface area (Å²) in [5.41, 5.74) is 2.78. The lowest BCUT2D eigenvalue weighted by Gasteiger charge is -2.03. The third-order valence-corrected chi connectivity index (χ3v) is 2.09. The van der Waals surface area contributed by atoms with E-state index in [1.54, 1.807) is 6.07 Å². The summed E-state index contributed by atoms with van der Waals surface area (Å²) in [5, 5.41) is 17.4. The molecule has 0 heterocycles. The Balaban J connectivity index is 3.03. The van der Waals surface area contributed by atoms with Gasteiger partial charge < -0.3 is 0 Å². The monoisotopic (exact) mass is 184 g/mol. The van der Waals surface area contributed by atoms with Crippen molar-refractivity contribution in [2.24, 2.45) is 0 Å². The summed E-state index contributed by atoms with van der Waals surface area (Å²) in [5.74, 6) is 0. The first-order valence-corrected chi connectivity index (χ1v) is 4.70. The smallest absolute Gasteiger partial charge is 0.0994 e. The number of rotatable bonds is 3. The van der Waals surface area contributed by atoms with E-state index in [-0.39, 0.29) is 0 Å². The predicted molar refractivity (Wildman–Crippen MR) is 54.5 cm³/mol. The van der Waals surface area contributed by atoms with Gasteiger partial charge in [-0.25, -0.2) is 0 Å². The van der Waals surface area contributed by atoms with Crippen LogP contribution in [0.3, 0.4) is 0 Å². The van der Waals surface area contributed by atoms with Crippen molar-refractivity contribution in [3.8, 4) is 12.1 Å². The van der Waals surface area contributed by atoms with Crippen LogP contribution in [0.5, 0.6) is 0 Å². The molecule has 0 bridgehead atoms. The fourth-order valence-corrected chi connectivity index (χ4v) is 1.43. The molecule has 0 aliphatic heterocycles. The van der Waals surface area contributed by atoms with Crippen LogP contribution in [0.4, 0.5) is 0 Å². The molecule has 0 aliphatic rings. The molecule has 0 N–H and O–H groups in total. The van der Waals surface area contributed by atoms with Gasteiger partial charge in [-0.3, -0.25) is 0 Å². The van der Waals surface area contributed by atoms with E-state index in [1.165, 1.54) is 0 Å². The van der Waals surface area contributed by atoms with Crippen molar-refractivity contribution in [2.75, 3.05) is 0 Å². The Morgan fingerprint density at radius 2 is 2.07 bits per heavy atom. The van der Waals surface area contributed by atoms with E-state index in [0.29, 0.717) is 6.42 Å². The Labute approximate surface area is 84.4 Å². The van der Waals surface area contributed by atoms with E-state index in [2.05, 4.69) is 19.1 Å². The SMILES string of the molecule is CCCc1cc(CC#N)ccc1C#N. The second kappa shape index (κ2) is 5.04.